The van der Waals surface area contributed by atoms with Crippen molar-refractivity contribution in [2.24, 2.45) is 0 Å². The molecule has 2 aliphatic heterocycles. The molecule has 0 N–H and O–H groups in total. The van der Waals surface area contributed by atoms with Gasteiger partial charge in [0.05, 0.1) is 39.5 Å². The molecule has 19 aromatic rings. The Labute approximate surface area is 650 Å². The van der Waals surface area contributed by atoms with Gasteiger partial charge < -0.3 is 14.4 Å². The van der Waals surface area contributed by atoms with Gasteiger partial charge in [-0.25, -0.2) is 19.9 Å². The largest absolute Gasteiger partial charge is 0.311 e. The lowest BCUT2D eigenvalue weighted by Gasteiger charge is -2.44. The number of fused-ring (bicyclic) bond motifs is 7. The first-order chi connectivity index (χ1) is 55.5. The molecule has 0 amide bonds. The average Bonchev–Trinajstić information content (AvgIpc) is 0.730. The van der Waals surface area contributed by atoms with E-state index in [1.54, 1.807) is 0 Å². The summed E-state index contributed by atoms with van der Waals surface area (Å²) in [5, 5.41) is 2.16. The van der Waals surface area contributed by atoms with Crippen LogP contribution in [0.5, 0.6) is 0 Å². The third-order valence-electron chi connectivity index (χ3n) is 22.2. The fourth-order valence-electron chi connectivity index (χ4n) is 16.9. The maximum atomic E-state index is 5.59. The first-order valence-electron chi connectivity index (χ1n) is 38.2. The zero-order valence-electron chi connectivity index (χ0n) is 61.0. The minimum Gasteiger partial charge on any atom is -0.311 e. The smallest absolute Gasteiger partial charge is 0.252 e. The zero-order chi connectivity index (χ0) is 74.0. The summed E-state index contributed by atoms with van der Waals surface area (Å²) in [6, 6.07) is 149. The van der Waals surface area contributed by atoms with Gasteiger partial charge in [0.1, 0.15) is 0 Å². The molecule has 5 heterocycles. The Balaban J connectivity index is 0.827. The van der Waals surface area contributed by atoms with E-state index in [-0.39, 0.29) is 6.71 Å². The maximum Gasteiger partial charge on any atom is 0.252 e. The van der Waals surface area contributed by atoms with Crippen molar-refractivity contribution >= 4 is 79.0 Å². The van der Waals surface area contributed by atoms with E-state index in [9.17, 15) is 0 Å². The molecule has 0 spiro atoms. The van der Waals surface area contributed by atoms with E-state index < -0.39 is 0 Å². The predicted molar refractivity (Wildman–Crippen MR) is 466 cm³/mol. The summed E-state index contributed by atoms with van der Waals surface area (Å²) < 4.78 is 2.42. The molecule has 0 aliphatic carbocycles. The number of aromatic nitrogens is 5. The third kappa shape index (κ3) is 11.6. The van der Waals surface area contributed by atoms with Crippen molar-refractivity contribution in [2.75, 3.05) is 9.80 Å². The van der Waals surface area contributed by atoms with Crippen LogP contribution in [0.2, 0.25) is 0 Å². The van der Waals surface area contributed by atoms with E-state index in [4.69, 9.17) is 19.9 Å². The molecule has 112 heavy (non-hydrogen) atoms. The van der Waals surface area contributed by atoms with Crippen molar-refractivity contribution in [1.29, 1.82) is 0 Å². The summed E-state index contributed by atoms with van der Waals surface area (Å²) in [6.07, 6.45) is 0. The molecule has 522 valence electrons. The quantitative estimate of drug-likeness (QED) is 0.101. The molecule has 0 fully saturated rings. The van der Waals surface area contributed by atoms with Crippen LogP contribution >= 0.6 is 0 Å². The predicted octanol–water partition coefficient (Wildman–Crippen LogP) is 24.8. The highest BCUT2D eigenvalue weighted by atomic mass is 15.2. The molecule has 0 saturated carbocycles. The van der Waals surface area contributed by atoms with Crippen molar-refractivity contribution in [2.45, 2.75) is 0 Å². The average molecular weight is 1430 g/mol. The van der Waals surface area contributed by atoms with Crippen LogP contribution in [0.1, 0.15) is 0 Å². The number of anilines is 6. The second-order valence-electron chi connectivity index (χ2n) is 28.8. The van der Waals surface area contributed by atoms with E-state index in [0.717, 1.165) is 151 Å². The topological polar surface area (TPSA) is 63.0 Å². The van der Waals surface area contributed by atoms with Crippen LogP contribution in [0.3, 0.4) is 0 Å². The molecule has 0 bridgehead atoms. The van der Waals surface area contributed by atoms with Gasteiger partial charge in [0, 0.05) is 78.3 Å². The van der Waals surface area contributed by atoms with Gasteiger partial charge in [-0.15, -0.1) is 0 Å². The molecule has 0 unspecified atom stereocenters. The highest BCUT2D eigenvalue weighted by Crippen LogP contribution is 2.50. The Bertz CT molecular complexity index is 6310. The molecule has 2 aliphatic rings. The molecular formula is C104H68BN7. The second-order valence-corrected chi connectivity index (χ2v) is 28.8. The Morgan fingerprint density at radius 1 is 0.205 bits per heavy atom. The van der Waals surface area contributed by atoms with Gasteiger partial charge in [0.2, 0.25) is 0 Å². The molecule has 0 atom stereocenters. The lowest BCUT2D eigenvalue weighted by atomic mass is 9.33. The number of rotatable bonds is 14. The van der Waals surface area contributed by atoms with Crippen molar-refractivity contribution in [3.63, 3.8) is 0 Å². The fraction of sp³-hybridized carbons (Fsp3) is 0. The first kappa shape index (κ1) is 65.4. The van der Waals surface area contributed by atoms with Crippen molar-refractivity contribution in [3.05, 3.63) is 413 Å². The third-order valence-corrected chi connectivity index (χ3v) is 22.2. The summed E-state index contributed by atoms with van der Waals surface area (Å²) in [4.78, 5) is 27.5. The van der Waals surface area contributed by atoms with Crippen LogP contribution in [0.25, 0.3) is 151 Å². The normalized spacial score (nSPS) is 12.1. The van der Waals surface area contributed by atoms with Crippen molar-refractivity contribution in [3.8, 4) is 129 Å². The molecule has 7 nitrogen and oxygen atoms in total. The highest BCUT2D eigenvalue weighted by Gasteiger charge is 2.44. The molecule has 8 heteroatoms. The fourth-order valence-corrected chi connectivity index (χ4v) is 16.9. The standard InChI is InChI=1S/C104H68BN7/c1-9-28-69(29-10-1)73-48-55-83(56-49-73)110-97-60-53-80(71-32-13-3-14-33-71)63-89(97)105-90-64-81(72-34-15-4-16-35-72)54-61-98(90)111(84-57-50-74(51-58-84)70-30-11-2-12-31-70)100-66-82(65-99(110)101(100)105)79-52-59-96-88(62-79)85-44-25-26-47-95(85)112(96)102-86(103-106-91(75-36-17-5-18-37-75)67-92(107-103)76-38-19-6-20-39-76)45-27-46-87(102)104-108-93(77-40-21-7-22-41-77)68-94(109-104)78-42-23-8-24-43-78/h1-68H. The molecular weight excluding hydrogens is 1360 g/mol. The summed E-state index contributed by atoms with van der Waals surface area (Å²) in [5.41, 5.74) is 33.4. The zero-order valence-corrected chi connectivity index (χ0v) is 61.0. The Hall–Kier alpha value is -14.9. The molecule has 3 aromatic heterocycles. The summed E-state index contributed by atoms with van der Waals surface area (Å²) in [5.74, 6) is 1.13. The maximum absolute atomic E-state index is 5.59. The van der Waals surface area contributed by atoms with Gasteiger partial charge in [0.25, 0.3) is 6.71 Å². The summed E-state index contributed by atoms with van der Waals surface area (Å²) in [6.45, 7) is -0.187. The lowest BCUT2D eigenvalue weighted by molar-refractivity contribution is 1.12. The van der Waals surface area contributed by atoms with Gasteiger partial charge in [-0.3, -0.25) is 0 Å². The number of nitrogens with zero attached hydrogens (tertiary/aromatic N) is 7. The number of para-hydroxylation sites is 2. The van der Waals surface area contributed by atoms with Crippen molar-refractivity contribution in [1.82, 2.24) is 24.5 Å². The number of benzene rings is 16. The van der Waals surface area contributed by atoms with E-state index in [0.29, 0.717) is 11.6 Å². The Morgan fingerprint density at radius 3 is 0.911 bits per heavy atom. The van der Waals surface area contributed by atoms with Crippen molar-refractivity contribution < 1.29 is 0 Å². The van der Waals surface area contributed by atoms with Crippen LogP contribution in [0.15, 0.2) is 413 Å². The SMILES string of the molecule is c1ccc(-c2ccc(N3c4ccc(-c5ccccc5)cc4B4c5cc(-c6ccccc6)ccc5N(c5ccc(-c6ccccc6)cc5)c5cc(-c6ccc7c(c6)c6ccccc6n7-c6c(-c7nc(-c8ccccc8)cc(-c8ccccc8)n7)cccc6-c6nc(-c7ccccc7)cc(-c7ccccc7)n6)cc3c54)cc2)cc1. The number of hydrogen-bond donors (Lipinski definition) is 0. The lowest BCUT2D eigenvalue weighted by Crippen LogP contribution is -2.61. The molecule has 0 saturated heterocycles. The van der Waals surface area contributed by atoms with Gasteiger partial charge in [-0.2, -0.15) is 0 Å². The Morgan fingerprint density at radius 2 is 0.518 bits per heavy atom. The van der Waals surface area contributed by atoms with Gasteiger partial charge in [0.15, 0.2) is 11.6 Å². The number of hydrogen-bond acceptors (Lipinski definition) is 6. The second kappa shape index (κ2) is 27.7. The van der Waals surface area contributed by atoms with Gasteiger partial charge >= 0.3 is 0 Å². The highest BCUT2D eigenvalue weighted by molar-refractivity contribution is 7.00. The minimum absolute atomic E-state index is 0.187. The van der Waals surface area contributed by atoms with Gasteiger partial charge in [-0.05, 0) is 163 Å². The molecule has 21 rings (SSSR count). The molecule has 16 aromatic carbocycles. The van der Waals surface area contributed by atoms with Crippen LogP contribution in [-0.2, 0) is 0 Å². The Kier molecular flexibility index (Phi) is 16.2. The molecule has 0 radical (unpaired) electrons. The van der Waals surface area contributed by atoms with E-state index in [1.807, 2.05) is 24.3 Å². The van der Waals surface area contributed by atoms with Crippen LogP contribution in [0.4, 0.5) is 34.1 Å². The van der Waals surface area contributed by atoms with Gasteiger partial charge in [-0.1, -0.05) is 322 Å². The van der Waals surface area contributed by atoms with E-state index in [2.05, 4.69) is 403 Å². The minimum atomic E-state index is -0.187. The monoisotopic (exact) mass is 1430 g/mol. The van der Waals surface area contributed by atoms with Crippen LogP contribution in [0, 0.1) is 0 Å². The summed E-state index contributed by atoms with van der Waals surface area (Å²) >= 11 is 0. The van der Waals surface area contributed by atoms with E-state index in [1.165, 1.54) is 38.6 Å². The van der Waals surface area contributed by atoms with E-state index >= 15 is 0 Å². The summed E-state index contributed by atoms with van der Waals surface area (Å²) in [7, 11) is 0. The van der Waals surface area contributed by atoms with Crippen LogP contribution in [-0.4, -0.2) is 31.2 Å². The van der Waals surface area contributed by atoms with Crippen LogP contribution < -0.4 is 26.2 Å². The first-order valence-corrected chi connectivity index (χ1v) is 38.2.